The first kappa shape index (κ1) is 17.0. The molecule has 0 saturated carbocycles. The number of amides is 1. The molecule has 0 radical (unpaired) electrons. The second-order valence-corrected chi connectivity index (χ2v) is 6.88. The second kappa shape index (κ2) is 7.37. The van der Waals surface area contributed by atoms with Crippen LogP contribution in [0.3, 0.4) is 0 Å². The quantitative estimate of drug-likeness (QED) is 0.905. The van der Waals surface area contributed by atoms with E-state index in [-0.39, 0.29) is 11.8 Å². The van der Waals surface area contributed by atoms with Crippen molar-refractivity contribution in [2.45, 2.75) is 25.9 Å². The first-order valence-electron chi connectivity index (χ1n) is 8.34. The highest BCUT2D eigenvalue weighted by atomic mass is 35.5. The van der Waals surface area contributed by atoms with E-state index in [1.807, 2.05) is 54.3 Å². The molecule has 1 unspecified atom stereocenters. The molecule has 3 nitrogen and oxygen atoms in total. The lowest BCUT2D eigenvalue weighted by atomic mass is 9.88. The Bertz CT molecular complexity index is 717. The zero-order chi connectivity index (χ0) is 17.1. The van der Waals surface area contributed by atoms with Gasteiger partial charge in [-0.05, 0) is 43.0 Å². The Kier molecular flexibility index (Phi) is 5.22. The standard InChI is InChI=1S/C20H22ClNO2/c1-14-9-10-16(12-18(14)21)20(24)22-11-5-8-17(13-22)19(23)15-6-3-2-4-7-15/h2-4,6-7,9-10,12,17,19,23H,5,8,11,13H2,1H3/t17?,19-/m1/s1. The van der Waals surface area contributed by atoms with E-state index in [1.54, 1.807) is 6.07 Å². The number of aliphatic hydroxyl groups is 1. The van der Waals surface area contributed by atoms with Crippen LogP contribution in [-0.4, -0.2) is 29.0 Å². The monoisotopic (exact) mass is 343 g/mol. The molecular weight excluding hydrogens is 322 g/mol. The van der Waals surface area contributed by atoms with E-state index in [4.69, 9.17) is 11.6 Å². The van der Waals surface area contributed by atoms with Gasteiger partial charge in [0.1, 0.15) is 0 Å². The van der Waals surface area contributed by atoms with E-state index < -0.39 is 6.10 Å². The van der Waals surface area contributed by atoms with Crippen LogP contribution in [0.15, 0.2) is 48.5 Å². The molecule has 1 fully saturated rings. The van der Waals surface area contributed by atoms with E-state index >= 15 is 0 Å². The van der Waals surface area contributed by atoms with Gasteiger partial charge in [-0.1, -0.05) is 48.0 Å². The zero-order valence-electron chi connectivity index (χ0n) is 13.8. The summed E-state index contributed by atoms with van der Waals surface area (Å²) in [6.45, 7) is 3.21. The number of hydrogen-bond donors (Lipinski definition) is 1. The van der Waals surface area contributed by atoms with Gasteiger partial charge < -0.3 is 10.0 Å². The van der Waals surface area contributed by atoms with Crippen LogP contribution in [0.1, 0.15) is 40.4 Å². The van der Waals surface area contributed by atoms with Crippen LogP contribution in [0.25, 0.3) is 0 Å². The van der Waals surface area contributed by atoms with E-state index in [1.165, 1.54) is 0 Å². The summed E-state index contributed by atoms with van der Waals surface area (Å²) in [5.74, 6) is 0.0490. The van der Waals surface area contributed by atoms with Crippen molar-refractivity contribution in [1.29, 1.82) is 0 Å². The summed E-state index contributed by atoms with van der Waals surface area (Å²) in [6.07, 6.45) is 1.29. The third-order valence-corrected chi connectivity index (χ3v) is 5.16. The molecule has 24 heavy (non-hydrogen) atoms. The summed E-state index contributed by atoms with van der Waals surface area (Å²) in [4.78, 5) is 14.6. The van der Waals surface area contributed by atoms with Gasteiger partial charge in [-0.15, -0.1) is 0 Å². The smallest absolute Gasteiger partial charge is 0.253 e. The van der Waals surface area contributed by atoms with Crippen LogP contribution < -0.4 is 0 Å². The molecule has 126 valence electrons. The van der Waals surface area contributed by atoms with E-state index in [2.05, 4.69) is 0 Å². The van der Waals surface area contributed by atoms with E-state index in [0.29, 0.717) is 17.1 Å². The van der Waals surface area contributed by atoms with Gasteiger partial charge in [-0.2, -0.15) is 0 Å². The van der Waals surface area contributed by atoms with Crippen LogP contribution in [-0.2, 0) is 0 Å². The molecule has 0 bridgehead atoms. The molecule has 1 aliphatic heterocycles. The van der Waals surface area contributed by atoms with Crippen LogP contribution in [0.2, 0.25) is 5.02 Å². The fourth-order valence-electron chi connectivity index (χ4n) is 3.28. The van der Waals surface area contributed by atoms with Crippen LogP contribution >= 0.6 is 11.6 Å². The Morgan fingerprint density at radius 3 is 2.71 bits per heavy atom. The summed E-state index contributed by atoms with van der Waals surface area (Å²) in [5.41, 5.74) is 2.49. The molecule has 0 spiro atoms. The number of benzene rings is 2. The predicted octanol–water partition coefficient (Wildman–Crippen LogP) is 4.23. The van der Waals surface area contributed by atoms with Crippen molar-refractivity contribution in [2.24, 2.45) is 5.92 Å². The summed E-state index contributed by atoms with van der Waals surface area (Å²) in [6, 6.07) is 15.1. The number of rotatable bonds is 3. The molecule has 1 heterocycles. The highest BCUT2D eigenvalue weighted by Crippen LogP contribution is 2.30. The number of piperidine rings is 1. The van der Waals surface area contributed by atoms with Gasteiger partial charge in [-0.25, -0.2) is 0 Å². The lowest BCUT2D eigenvalue weighted by molar-refractivity contribution is 0.0401. The molecule has 2 aromatic rings. The summed E-state index contributed by atoms with van der Waals surface area (Å²) in [7, 11) is 0. The molecule has 1 amide bonds. The largest absolute Gasteiger partial charge is 0.388 e. The minimum absolute atomic E-state index is 0.0122. The van der Waals surface area contributed by atoms with Crippen LogP contribution in [0.4, 0.5) is 0 Å². The highest BCUT2D eigenvalue weighted by Gasteiger charge is 2.29. The number of carbonyl (C=O) groups is 1. The lowest BCUT2D eigenvalue weighted by Crippen LogP contribution is -2.41. The summed E-state index contributed by atoms with van der Waals surface area (Å²) in [5, 5.41) is 11.2. The van der Waals surface area contributed by atoms with Gasteiger partial charge in [0.25, 0.3) is 5.91 Å². The zero-order valence-corrected chi connectivity index (χ0v) is 14.5. The minimum atomic E-state index is -0.539. The van der Waals surface area contributed by atoms with Crippen molar-refractivity contribution in [3.63, 3.8) is 0 Å². The molecule has 1 N–H and O–H groups in total. The van der Waals surface area contributed by atoms with Crippen LogP contribution in [0, 0.1) is 12.8 Å². The fraction of sp³-hybridized carbons (Fsp3) is 0.350. The van der Waals surface area contributed by atoms with Crippen molar-refractivity contribution in [2.75, 3.05) is 13.1 Å². The molecule has 1 aliphatic rings. The average molecular weight is 344 g/mol. The maximum atomic E-state index is 12.8. The SMILES string of the molecule is Cc1ccc(C(=O)N2CCCC([C@H](O)c3ccccc3)C2)cc1Cl. The molecule has 0 aromatic heterocycles. The van der Waals surface area contributed by atoms with Crippen molar-refractivity contribution in [3.05, 3.63) is 70.2 Å². The summed E-state index contributed by atoms with van der Waals surface area (Å²) >= 11 is 6.15. The highest BCUT2D eigenvalue weighted by molar-refractivity contribution is 6.31. The summed E-state index contributed by atoms with van der Waals surface area (Å²) < 4.78 is 0. The second-order valence-electron chi connectivity index (χ2n) is 6.47. The van der Waals surface area contributed by atoms with Gasteiger partial charge in [0, 0.05) is 29.6 Å². The van der Waals surface area contributed by atoms with E-state index in [0.717, 1.165) is 30.5 Å². The van der Waals surface area contributed by atoms with Crippen molar-refractivity contribution in [1.82, 2.24) is 4.90 Å². The van der Waals surface area contributed by atoms with Crippen LogP contribution in [0.5, 0.6) is 0 Å². The first-order valence-corrected chi connectivity index (χ1v) is 8.72. The third-order valence-electron chi connectivity index (χ3n) is 4.75. The number of carbonyl (C=O) groups excluding carboxylic acids is 1. The Hall–Kier alpha value is -1.84. The molecule has 0 aliphatic carbocycles. The predicted molar refractivity (Wildman–Crippen MR) is 96.2 cm³/mol. The topological polar surface area (TPSA) is 40.5 Å². The Balaban J connectivity index is 1.73. The maximum Gasteiger partial charge on any atom is 0.253 e. The Morgan fingerprint density at radius 2 is 2.00 bits per heavy atom. The normalized spacial score (nSPS) is 19.1. The molecular formula is C20H22ClNO2. The molecule has 1 saturated heterocycles. The molecule has 2 aromatic carbocycles. The number of hydrogen-bond acceptors (Lipinski definition) is 2. The number of halogens is 1. The average Bonchev–Trinajstić information content (AvgIpc) is 2.63. The lowest BCUT2D eigenvalue weighted by Gasteiger charge is -2.35. The molecule has 2 atom stereocenters. The number of aryl methyl sites for hydroxylation is 1. The number of aliphatic hydroxyl groups excluding tert-OH is 1. The van der Waals surface area contributed by atoms with Gasteiger partial charge in [0.15, 0.2) is 0 Å². The fourth-order valence-corrected chi connectivity index (χ4v) is 3.46. The Labute approximate surface area is 147 Å². The van der Waals surface area contributed by atoms with E-state index in [9.17, 15) is 9.90 Å². The molecule has 3 rings (SSSR count). The first-order chi connectivity index (χ1) is 11.6. The van der Waals surface area contributed by atoms with Gasteiger partial charge in [0.05, 0.1) is 6.10 Å². The number of nitrogens with zero attached hydrogens (tertiary/aromatic N) is 1. The van der Waals surface area contributed by atoms with Crippen molar-refractivity contribution < 1.29 is 9.90 Å². The third kappa shape index (κ3) is 3.63. The van der Waals surface area contributed by atoms with Gasteiger partial charge >= 0.3 is 0 Å². The Morgan fingerprint density at radius 1 is 1.25 bits per heavy atom. The maximum absolute atomic E-state index is 12.8. The van der Waals surface area contributed by atoms with Gasteiger partial charge in [0.2, 0.25) is 0 Å². The number of likely N-dealkylation sites (tertiary alicyclic amines) is 1. The molecule has 4 heteroatoms. The van der Waals surface area contributed by atoms with Gasteiger partial charge in [-0.3, -0.25) is 4.79 Å². The van der Waals surface area contributed by atoms with Crippen molar-refractivity contribution in [3.8, 4) is 0 Å². The minimum Gasteiger partial charge on any atom is -0.388 e. The van der Waals surface area contributed by atoms with Crippen molar-refractivity contribution >= 4 is 17.5 Å².